The summed E-state index contributed by atoms with van der Waals surface area (Å²) in [7, 11) is 0. The Bertz CT molecular complexity index is 972. The Morgan fingerprint density at radius 2 is 1.96 bits per heavy atom. The van der Waals surface area contributed by atoms with Gasteiger partial charge >= 0.3 is 0 Å². The number of nitrogens with zero attached hydrogens (tertiary/aromatic N) is 5. The van der Waals surface area contributed by atoms with E-state index in [1.54, 1.807) is 4.68 Å². The zero-order valence-electron chi connectivity index (χ0n) is 16.3. The van der Waals surface area contributed by atoms with Crippen LogP contribution in [0.25, 0.3) is 5.69 Å². The number of aromatic nitrogens is 4. The van der Waals surface area contributed by atoms with Crippen molar-refractivity contribution in [2.24, 2.45) is 0 Å². The highest BCUT2D eigenvalue weighted by atomic mass is 32.2. The molecule has 4 rings (SSSR count). The fourth-order valence-corrected chi connectivity index (χ4v) is 4.07. The quantitative estimate of drug-likeness (QED) is 0.568. The van der Waals surface area contributed by atoms with E-state index in [-0.39, 0.29) is 5.91 Å². The molecule has 2 heterocycles. The molecule has 1 aromatic carbocycles. The van der Waals surface area contributed by atoms with Crippen LogP contribution < -0.4 is 0 Å². The predicted molar refractivity (Wildman–Crippen MR) is 106 cm³/mol. The highest BCUT2D eigenvalue weighted by Crippen LogP contribution is 2.30. The van der Waals surface area contributed by atoms with Gasteiger partial charge in [-0.1, -0.05) is 30.0 Å². The fraction of sp³-hybridized carbons (Fsp3) is 0.400. The predicted octanol–water partition coefficient (Wildman–Crippen LogP) is 3.46. The van der Waals surface area contributed by atoms with Crippen molar-refractivity contribution >= 4 is 17.7 Å². The minimum Gasteiger partial charge on any atom is -0.464 e. The van der Waals surface area contributed by atoms with Crippen LogP contribution in [0.2, 0.25) is 0 Å². The van der Waals surface area contributed by atoms with E-state index in [0.29, 0.717) is 23.5 Å². The average molecular weight is 398 g/mol. The van der Waals surface area contributed by atoms with Gasteiger partial charge in [0.1, 0.15) is 11.5 Å². The summed E-state index contributed by atoms with van der Waals surface area (Å²) in [5.74, 6) is 2.06. The topological polar surface area (TPSA) is 77.1 Å². The molecular weight excluding hydrogens is 374 g/mol. The van der Waals surface area contributed by atoms with Crippen LogP contribution in [0, 0.1) is 20.8 Å². The van der Waals surface area contributed by atoms with Crippen molar-refractivity contribution in [2.75, 3.05) is 5.75 Å². The van der Waals surface area contributed by atoms with E-state index in [4.69, 9.17) is 4.42 Å². The van der Waals surface area contributed by atoms with Crippen LogP contribution in [0.1, 0.15) is 35.5 Å². The summed E-state index contributed by atoms with van der Waals surface area (Å²) in [5, 5.41) is 12.7. The van der Waals surface area contributed by atoms with E-state index in [2.05, 4.69) is 15.5 Å². The number of thioether (sulfide) groups is 1. The first-order valence-electron chi connectivity index (χ1n) is 9.35. The molecule has 7 nitrogen and oxygen atoms in total. The van der Waals surface area contributed by atoms with Crippen LogP contribution in [-0.2, 0) is 11.3 Å². The monoisotopic (exact) mass is 397 g/mol. The molecule has 1 aliphatic rings. The maximum absolute atomic E-state index is 12.9. The zero-order valence-corrected chi connectivity index (χ0v) is 17.1. The molecular formula is C20H23N5O2S. The number of carbonyl (C=O) groups excluding carboxylic acids is 1. The van der Waals surface area contributed by atoms with E-state index in [0.717, 1.165) is 41.2 Å². The molecule has 8 heteroatoms. The molecule has 0 aliphatic heterocycles. The lowest BCUT2D eigenvalue weighted by Crippen LogP contribution is -2.33. The van der Waals surface area contributed by atoms with Crippen molar-refractivity contribution in [3.8, 4) is 5.69 Å². The van der Waals surface area contributed by atoms with Gasteiger partial charge < -0.3 is 9.32 Å². The molecule has 1 fully saturated rings. The Labute approximate surface area is 168 Å². The second-order valence-electron chi connectivity index (χ2n) is 7.17. The Kier molecular flexibility index (Phi) is 5.21. The van der Waals surface area contributed by atoms with Crippen LogP contribution in [0.3, 0.4) is 0 Å². The smallest absolute Gasteiger partial charge is 0.233 e. The Hall–Kier alpha value is -2.61. The van der Waals surface area contributed by atoms with Crippen LogP contribution in [-0.4, -0.2) is 42.8 Å². The van der Waals surface area contributed by atoms with Crippen LogP contribution >= 0.6 is 11.8 Å². The molecule has 0 saturated heterocycles. The van der Waals surface area contributed by atoms with Crippen LogP contribution in [0.5, 0.6) is 0 Å². The van der Waals surface area contributed by atoms with Crippen molar-refractivity contribution in [2.45, 2.75) is 51.4 Å². The number of hydrogen-bond acceptors (Lipinski definition) is 6. The van der Waals surface area contributed by atoms with Gasteiger partial charge in [0.05, 0.1) is 18.0 Å². The molecule has 0 bridgehead atoms. The van der Waals surface area contributed by atoms with Crippen molar-refractivity contribution in [3.05, 3.63) is 53.0 Å². The Morgan fingerprint density at radius 1 is 1.21 bits per heavy atom. The number of para-hydroxylation sites is 1. The largest absolute Gasteiger partial charge is 0.464 e. The van der Waals surface area contributed by atoms with Gasteiger partial charge in [-0.3, -0.25) is 4.79 Å². The number of aryl methyl sites for hydroxylation is 3. The second kappa shape index (κ2) is 7.79. The van der Waals surface area contributed by atoms with Crippen molar-refractivity contribution in [1.82, 2.24) is 25.1 Å². The van der Waals surface area contributed by atoms with Gasteiger partial charge in [-0.2, -0.15) is 4.68 Å². The molecule has 2 aromatic heterocycles. The first-order valence-corrected chi connectivity index (χ1v) is 10.3. The summed E-state index contributed by atoms with van der Waals surface area (Å²) in [6, 6.07) is 10.3. The lowest BCUT2D eigenvalue weighted by Gasteiger charge is -2.21. The van der Waals surface area contributed by atoms with E-state index in [1.807, 2.05) is 56.0 Å². The van der Waals surface area contributed by atoms with Crippen molar-refractivity contribution in [3.63, 3.8) is 0 Å². The SMILES string of the molecule is Cc1ccc(CN(C(=O)CSc2nnnn2-c2c(C)cccc2C)C2CC2)o1. The molecule has 0 atom stereocenters. The number of furan rings is 1. The molecule has 0 unspecified atom stereocenters. The second-order valence-corrected chi connectivity index (χ2v) is 8.11. The minimum absolute atomic E-state index is 0.0811. The maximum atomic E-state index is 12.9. The number of rotatable bonds is 7. The lowest BCUT2D eigenvalue weighted by molar-refractivity contribution is -0.129. The number of tetrazole rings is 1. The lowest BCUT2D eigenvalue weighted by atomic mass is 10.1. The van der Waals surface area contributed by atoms with Crippen LogP contribution in [0.15, 0.2) is 39.9 Å². The highest BCUT2D eigenvalue weighted by Gasteiger charge is 2.33. The van der Waals surface area contributed by atoms with Gasteiger partial charge in [0, 0.05) is 6.04 Å². The molecule has 0 spiro atoms. The summed E-state index contributed by atoms with van der Waals surface area (Å²) < 4.78 is 7.38. The van der Waals surface area contributed by atoms with Gasteiger partial charge in [0.2, 0.25) is 11.1 Å². The first kappa shape index (κ1) is 18.7. The summed E-state index contributed by atoms with van der Waals surface area (Å²) in [6.07, 6.45) is 2.10. The number of hydrogen-bond donors (Lipinski definition) is 0. The van der Waals surface area contributed by atoms with Gasteiger partial charge in [0.15, 0.2) is 0 Å². The number of amides is 1. The zero-order chi connectivity index (χ0) is 19.7. The van der Waals surface area contributed by atoms with Crippen molar-refractivity contribution < 1.29 is 9.21 Å². The molecule has 28 heavy (non-hydrogen) atoms. The third-order valence-corrected chi connectivity index (χ3v) is 5.75. The van der Waals surface area contributed by atoms with Gasteiger partial charge in [-0.25, -0.2) is 0 Å². The highest BCUT2D eigenvalue weighted by molar-refractivity contribution is 7.99. The van der Waals surface area contributed by atoms with Gasteiger partial charge in [-0.05, 0) is 67.3 Å². The molecule has 1 amide bonds. The van der Waals surface area contributed by atoms with Crippen molar-refractivity contribution in [1.29, 1.82) is 0 Å². The summed E-state index contributed by atoms with van der Waals surface area (Å²) >= 11 is 1.37. The first-order chi connectivity index (χ1) is 13.5. The third kappa shape index (κ3) is 3.96. The molecule has 3 aromatic rings. The molecule has 1 aliphatic carbocycles. The van der Waals surface area contributed by atoms with Gasteiger partial charge in [-0.15, -0.1) is 5.10 Å². The maximum Gasteiger partial charge on any atom is 0.233 e. The average Bonchev–Trinajstić information content (AvgIpc) is 3.26. The number of benzene rings is 1. The number of carbonyl (C=O) groups is 1. The fourth-order valence-electron chi connectivity index (χ4n) is 3.30. The standard InChI is InChI=1S/C20H23N5O2S/c1-13-5-4-6-14(2)19(13)25-20(21-22-23-25)28-12-18(26)24(16-8-9-16)11-17-10-7-15(3)27-17/h4-7,10,16H,8-9,11-12H2,1-3H3. The van der Waals surface area contributed by atoms with Gasteiger partial charge in [0.25, 0.3) is 0 Å². The van der Waals surface area contributed by atoms with Crippen LogP contribution in [0.4, 0.5) is 0 Å². The molecule has 1 saturated carbocycles. The minimum atomic E-state index is 0.0811. The summed E-state index contributed by atoms with van der Waals surface area (Å²) in [4.78, 5) is 14.8. The molecule has 0 radical (unpaired) electrons. The Balaban J connectivity index is 1.47. The molecule has 0 N–H and O–H groups in total. The third-order valence-electron chi connectivity index (χ3n) is 4.85. The summed E-state index contributed by atoms with van der Waals surface area (Å²) in [5.41, 5.74) is 3.15. The van der Waals surface area contributed by atoms with E-state index in [9.17, 15) is 4.79 Å². The van der Waals surface area contributed by atoms with E-state index < -0.39 is 0 Å². The normalized spacial score (nSPS) is 13.7. The van der Waals surface area contributed by atoms with E-state index >= 15 is 0 Å². The van der Waals surface area contributed by atoms with E-state index in [1.165, 1.54) is 11.8 Å². The Morgan fingerprint density at radius 3 is 2.61 bits per heavy atom. The summed E-state index contributed by atoms with van der Waals surface area (Å²) in [6.45, 7) is 6.49. The molecule has 146 valence electrons.